The number of rotatable bonds is 5. The highest BCUT2D eigenvalue weighted by atomic mass is 32.2. The molecule has 28 heavy (non-hydrogen) atoms. The predicted octanol–water partition coefficient (Wildman–Crippen LogP) is 3.21. The van der Waals surface area contributed by atoms with Gasteiger partial charge in [0.2, 0.25) is 5.91 Å². The van der Waals surface area contributed by atoms with Crippen LogP contribution in [0.15, 0.2) is 47.4 Å². The fourth-order valence-electron chi connectivity index (χ4n) is 2.48. The Bertz CT molecular complexity index is 975. The topological polar surface area (TPSA) is 95.9 Å². The number of imide groups is 1. The smallest absolute Gasteiger partial charge is 0.294 e. The molecule has 1 fully saturated rings. The van der Waals surface area contributed by atoms with Crippen molar-refractivity contribution in [3.8, 4) is 11.5 Å². The number of benzene rings is 2. The minimum atomic E-state index is -0.647. The lowest BCUT2D eigenvalue weighted by Crippen LogP contribution is -2.36. The maximum absolute atomic E-state index is 12.9. The second-order valence-corrected chi connectivity index (χ2v) is 6.71. The second kappa shape index (κ2) is 8.13. The molecule has 0 atom stereocenters. The lowest BCUT2D eigenvalue weighted by atomic mass is 10.1. The van der Waals surface area contributed by atoms with E-state index in [0.29, 0.717) is 23.0 Å². The summed E-state index contributed by atoms with van der Waals surface area (Å²) in [5.41, 5.74) is 0.649. The van der Waals surface area contributed by atoms with Gasteiger partial charge in [0.15, 0.2) is 11.5 Å². The summed E-state index contributed by atoms with van der Waals surface area (Å²) in [7, 11) is 1.40. The number of aromatic hydroxyl groups is 1. The van der Waals surface area contributed by atoms with Gasteiger partial charge in [0, 0.05) is 11.3 Å². The molecule has 0 unspecified atom stereocenters. The van der Waals surface area contributed by atoms with Crippen LogP contribution in [0.2, 0.25) is 0 Å². The summed E-state index contributed by atoms with van der Waals surface area (Å²) in [6.45, 7) is -0.483. The summed E-state index contributed by atoms with van der Waals surface area (Å²) in [4.78, 5) is 37.6. The molecule has 0 saturated carbocycles. The largest absolute Gasteiger partial charge is 0.504 e. The number of hydrogen-bond acceptors (Lipinski definition) is 6. The van der Waals surface area contributed by atoms with Crippen molar-refractivity contribution in [1.82, 2.24) is 4.90 Å². The molecule has 0 spiro atoms. The standard InChI is InChI=1S/C19H15FN2O5S/c1-27-14-4-2-3-11(17(14)24)9-15-18(25)22(19(26)28-15)10-16(23)21-13-7-5-12(20)6-8-13/h2-9,24H,10H2,1H3,(H,21,23)/b15-9-. The molecule has 1 aliphatic rings. The maximum Gasteiger partial charge on any atom is 0.294 e. The number of phenols is 1. The molecule has 144 valence electrons. The van der Waals surface area contributed by atoms with Gasteiger partial charge >= 0.3 is 0 Å². The summed E-state index contributed by atoms with van der Waals surface area (Å²) in [6.07, 6.45) is 1.36. The van der Waals surface area contributed by atoms with E-state index in [2.05, 4.69) is 5.32 Å². The first-order valence-electron chi connectivity index (χ1n) is 8.06. The Hall–Kier alpha value is -3.33. The Morgan fingerprint density at radius 3 is 2.64 bits per heavy atom. The predicted molar refractivity (Wildman–Crippen MR) is 102 cm³/mol. The van der Waals surface area contributed by atoms with Crippen molar-refractivity contribution < 1.29 is 28.6 Å². The third-order valence-corrected chi connectivity index (χ3v) is 4.75. The van der Waals surface area contributed by atoms with Gasteiger partial charge in [-0.15, -0.1) is 0 Å². The molecular formula is C19H15FN2O5S. The summed E-state index contributed by atoms with van der Waals surface area (Å²) >= 11 is 0.666. The molecule has 1 heterocycles. The van der Waals surface area contributed by atoms with Gasteiger partial charge in [-0.25, -0.2) is 4.39 Å². The fraction of sp³-hybridized carbons (Fsp3) is 0.105. The Morgan fingerprint density at radius 1 is 1.25 bits per heavy atom. The Kier molecular flexibility index (Phi) is 5.65. The highest BCUT2D eigenvalue weighted by Gasteiger charge is 2.36. The molecule has 0 bridgehead atoms. The van der Waals surface area contributed by atoms with E-state index in [0.717, 1.165) is 4.90 Å². The van der Waals surface area contributed by atoms with Crippen LogP contribution >= 0.6 is 11.8 Å². The van der Waals surface area contributed by atoms with Gasteiger partial charge in [0.05, 0.1) is 12.0 Å². The van der Waals surface area contributed by atoms with E-state index in [9.17, 15) is 23.9 Å². The minimum Gasteiger partial charge on any atom is -0.504 e. The zero-order valence-electron chi connectivity index (χ0n) is 14.6. The number of halogens is 1. The van der Waals surface area contributed by atoms with E-state index in [1.807, 2.05) is 0 Å². The third-order valence-electron chi connectivity index (χ3n) is 3.84. The van der Waals surface area contributed by atoms with Crippen molar-refractivity contribution in [2.45, 2.75) is 0 Å². The molecule has 2 aromatic carbocycles. The molecule has 2 N–H and O–H groups in total. The van der Waals surface area contributed by atoms with Gasteiger partial charge in [-0.1, -0.05) is 12.1 Å². The van der Waals surface area contributed by atoms with Crippen molar-refractivity contribution >= 4 is 40.6 Å². The molecule has 1 aliphatic heterocycles. The molecule has 9 heteroatoms. The van der Waals surface area contributed by atoms with E-state index in [1.165, 1.54) is 37.5 Å². The molecule has 1 saturated heterocycles. The van der Waals surface area contributed by atoms with Crippen LogP contribution in [0.1, 0.15) is 5.56 Å². The summed E-state index contributed by atoms with van der Waals surface area (Å²) < 4.78 is 17.9. The van der Waals surface area contributed by atoms with Crippen LogP contribution < -0.4 is 10.1 Å². The van der Waals surface area contributed by atoms with E-state index >= 15 is 0 Å². The van der Waals surface area contributed by atoms with Gasteiger partial charge in [-0.3, -0.25) is 19.3 Å². The number of anilines is 1. The van der Waals surface area contributed by atoms with Crippen LogP contribution in [-0.2, 0) is 9.59 Å². The number of phenolic OH excluding ortho intramolecular Hbond substituents is 1. The van der Waals surface area contributed by atoms with E-state index in [-0.39, 0.29) is 16.4 Å². The highest BCUT2D eigenvalue weighted by Crippen LogP contribution is 2.36. The number of amides is 3. The average molecular weight is 402 g/mol. The number of hydrogen-bond donors (Lipinski definition) is 2. The van der Waals surface area contributed by atoms with Gasteiger partial charge in [-0.2, -0.15) is 0 Å². The lowest BCUT2D eigenvalue weighted by molar-refractivity contribution is -0.127. The number of nitrogens with zero attached hydrogens (tertiary/aromatic N) is 1. The molecule has 0 radical (unpaired) electrons. The number of nitrogens with one attached hydrogen (secondary N) is 1. The first-order chi connectivity index (χ1) is 13.4. The third kappa shape index (κ3) is 4.15. The molecule has 3 amide bonds. The van der Waals surface area contributed by atoms with Gasteiger partial charge < -0.3 is 15.2 Å². The molecule has 0 aliphatic carbocycles. The molecular weight excluding hydrogens is 387 g/mol. The Balaban J connectivity index is 1.73. The van der Waals surface area contributed by atoms with Crippen LogP contribution in [-0.4, -0.2) is 40.7 Å². The van der Waals surface area contributed by atoms with Gasteiger partial charge in [-0.05, 0) is 48.2 Å². The van der Waals surface area contributed by atoms with Crippen molar-refractivity contribution in [3.05, 3.63) is 58.8 Å². The van der Waals surface area contributed by atoms with Crippen LogP contribution in [0.4, 0.5) is 14.9 Å². The van der Waals surface area contributed by atoms with Crippen molar-refractivity contribution in [2.24, 2.45) is 0 Å². The van der Waals surface area contributed by atoms with Gasteiger partial charge in [0.25, 0.3) is 11.1 Å². The van der Waals surface area contributed by atoms with Gasteiger partial charge in [0.1, 0.15) is 12.4 Å². The average Bonchev–Trinajstić information content (AvgIpc) is 2.93. The van der Waals surface area contributed by atoms with Crippen molar-refractivity contribution in [3.63, 3.8) is 0 Å². The minimum absolute atomic E-state index is 0.0723. The highest BCUT2D eigenvalue weighted by molar-refractivity contribution is 8.18. The van der Waals surface area contributed by atoms with E-state index < -0.39 is 29.4 Å². The van der Waals surface area contributed by atoms with Crippen molar-refractivity contribution in [2.75, 3.05) is 19.0 Å². The fourth-order valence-corrected chi connectivity index (χ4v) is 3.30. The van der Waals surface area contributed by atoms with Crippen LogP contribution in [0.3, 0.4) is 0 Å². The zero-order valence-corrected chi connectivity index (χ0v) is 15.5. The van der Waals surface area contributed by atoms with Crippen LogP contribution in [0.25, 0.3) is 6.08 Å². The normalized spacial score (nSPS) is 15.2. The first kappa shape index (κ1) is 19.4. The zero-order chi connectivity index (χ0) is 20.3. The first-order valence-corrected chi connectivity index (χ1v) is 8.87. The summed E-state index contributed by atoms with van der Waals surface area (Å²) in [6, 6.07) is 9.84. The summed E-state index contributed by atoms with van der Waals surface area (Å²) in [5.74, 6) is -1.63. The number of para-hydroxylation sites is 1. The number of carbonyl (C=O) groups excluding carboxylic acids is 3. The quantitative estimate of drug-likeness (QED) is 0.746. The van der Waals surface area contributed by atoms with Crippen LogP contribution in [0, 0.1) is 5.82 Å². The number of carbonyl (C=O) groups is 3. The summed E-state index contributed by atoms with van der Waals surface area (Å²) in [5, 5.41) is 12.0. The van der Waals surface area contributed by atoms with Crippen LogP contribution in [0.5, 0.6) is 11.5 Å². The number of thioether (sulfide) groups is 1. The van der Waals surface area contributed by atoms with Crippen molar-refractivity contribution in [1.29, 1.82) is 0 Å². The Morgan fingerprint density at radius 2 is 1.96 bits per heavy atom. The molecule has 2 aromatic rings. The molecule has 0 aromatic heterocycles. The monoisotopic (exact) mass is 402 g/mol. The number of methoxy groups -OCH3 is 1. The second-order valence-electron chi connectivity index (χ2n) is 5.72. The SMILES string of the molecule is COc1cccc(/C=C2\SC(=O)N(CC(=O)Nc3ccc(F)cc3)C2=O)c1O. The maximum atomic E-state index is 12.9. The van der Waals surface area contributed by atoms with E-state index in [1.54, 1.807) is 18.2 Å². The number of ether oxygens (including phenoxy) is 1. The molecule has 3 rings (SSSR count). The lowest BCUT2D eigenvalue weighted by Gasteiger charge is -2.12. The molecule has 7 nitrogen and oxygen atoms in total. The van der Waals surface area contributed by atoms with E-state index in [4.69, 9.17) is 4.74 Å². The Labute approximate surface area is 163 Å².